The van der Waals surface area contributed by atoms with Crippen molar-refractivity contribution in [2.24, 2.45) is 17.6 Å². The Morgan fingerprint density at radius 3 is 2.83 bits per heavy atom. The highest BCUT2D eigenvalue weighted by Crippen LogP contribution is 2.31. The average molecular weight is 335 g/mol. The molecule has 1 heterocycles. The summed E-state index contributed by atoms with van der Waals surface area (Å²) in [5.74, 6) is 0.439. The van der Waals surface area contributed by atoms with Crippen LogP contribution in [0.5, 0.6) is 0 Å². The summed E-state index contributed by atoms with van der Waals surface area (Å²) in [7, 11) is 0. The lowest BCUT2D eigenvalue weighted by atomic mass is 9.95. The van der Waals surface area contributed by atoms with Crippen LogP contribution in [-0.2, 0) is 11.3 Å². The molecule has 1 aliphatic carbocycles. The van der Waals surface area contributed by atoms with E-state index in [1.54, 1.807) is 6.20 Å². The number of nitrogens with two attached hydrogens (primary N) is 1. The number of nitrogens with zero attached hydrogens (tertiary/aromatic N) is 2. The Bertz CT molecular complexity index is 629. The Labute approximate surface area is 142 Å². The maximum absolute atomic E-state index is 12.3. The Hall–Kier alpha value is -1.85. The van der Waals surface area contributed by atoms with E-state index >= 15 is 0 Å². The Kier molecular flexibility index (Phi) is 6.19. The van der Waals surface area contributed by atoms with Gasteiger partial charge in [0.05, 0.1) is 18.4 Å². The van der Waals surface area contributed by atoms with Gasteiger partial charge < -0.3 is 11.1 Å². The monoisotopic (exact) mass is 334 g/mol. The van der Waals surface area contributed by atoms with Gasteiger partial charge >= 0.3 is 0 Å². The van der Waals surface area contributed by atoms with E-state index in [1.807, 2.05) is 29.1 Å². The maximum atomic E-state index is 12.3. The fourth-order valence-corrected chi connectivity index (χ4v) is 3.18. The summed E-state index contributed by atoms with van der Waals surface area (Å²) >= 11 is 0. The zero-order valence-electron chi connectivity index (χ0n) is 13.0. The molecular weight excluding hydrogens is 312 g/mol. The predicted molar refractivity (Wildman–Crippen MR) is 93.5 cm³/mol. The van der Waals surface area contributed by atoms with Gasteiger partial charge in [0.2, 0.25) is 5.91 Å². The van der Waals surface area contributed by atoms with E-state index in [9.17, 15) is 4.79 Å². The fourth-order valence-electron chi connectivity index (χ4n) is 3.18. The first kappa shape index (κ1) is 17.5. The molecule has 3 rings (SSSR count). The second kappa shape index (κ2) is 8.13. The number of aromatic nitrogens is 2. The van der Waals surface area contributed by atoms with Crippen LogP contribution < -0.4 is 11.1 Å². The van der Waals surface area contributed by atoms with Crippen molar-refractivity contribution in [3.63, 3.8) is 0 Å². The molecule has 0 radical (unpaired) electrons. The molecular formula is C17H23ClN4O. The molecule has 0 bridgehead atoms. The van der Waals surface area contributed by atoms with E-state index in [-0.39, 0.29) is 24.2 Å². The first-order valence-electron chi connectivity index (χ1n) is 7.83. The first-order chi connectivity index (χ1) is 10.8. The molecule has 124 valence electrons. The second-order valence-corrected chi connectivity index (χ2v) is 5.93. The summed E-state index contributed by atoms with van der Waals surface area (Å²) in [6, 6.07) is 10.1. The molecule has 3 N–H and O–H groups in total. The van der Waals surface area contributed by atoms with Crippen LogP contribution in [0.2, 0.25) is 0 Å². The van der Waals surface area contributed by atoms with E-state index in [2.05, 4.69) is 22.5 Å². The summed E-state index contributed by atoms with van der Waals surface area (Å²) in [5.41, 5.74) is 7.69. The number of amides is 1. The van der Waals surface area contributed by atoms with Gasteiger partial charge in [0, 0.05) is 12.1 Å². The van der Waals surface area contributed by atoms with E-state index in [0.29, 0.717) is 19.0 Å². The number of benzene rings is 1. The van der Waals surface area contributed by atoms with Crippen molar-refractivity contribution in [2.45, 2.75) is 25.8 Å². The quantitative estimate of drug-likeness (QED) is 0.883. The molecule has 1 aliphatic rings. The lowest BCUT2D eigenvalue weighted by molar-refractivity contribution is -0.120. The molecule has 0 saturated heterocycles. The highest BCUT2D eigenvalue weighted by atomic mass is 35.5. The zero-order valence-corrected chi connectivity index (χ0v) is 13.8. The van der Waals surface area contributed by atoms with Gasteiger partial charge in [0.1, 0.15) is 0 Å². The Morgan fingerprint density at radius 1 is 1.30 bits per heavy atom. The van der Waals surface area contributed by atoms with Crippen LogP contribution in [0.4, 0.5) is 5.69 Å². The minimum Gasteiger partial charge on any atom is -0.330 e. The highest BCUT2D eigenvalue weighted by molar-refractivity contribution is 5.92. The average Bonchev–Trinajstić information content (AvgIpc) is 3.17. The van der Waals surface area contributed by atoms with Crippen LogP contribution in [0.15, 0.2) is 42.7 Å². The van der Waals surface area contributed by atoms with Crippen molar-refractivity contribution in [1.29, 1.82) is 0 Å². The third kappa shape index (κ3) is 4.33. The molecule has 2 atom stereocenters. The Balaban J connectivity index is 0.00000192. The van der Waals surface area contributed by atoms with E-state index < -0.39 is 0 Å². The number of carbonyl (C=O) groups excluding carboxylic acids is 1. The van der Waals surface area contributed by atoms with E-state index in [0.717, 1.165) is 24.9 Å². The summed E-state index contributed by atoms with van der Waals surface area (Å²) in [4.78, 5) is 12.3. The second-order valence-electron chi connectivity index (χ2n) is 5.93. The maximum Gasteiger partial charge on any atom is 0.227 e. The van der Waals surface area contributed by atoms with Crippen LogP contribution in [0.1, 0.15) is 24.8 Å². The molecule has 1 aromatic carbocycles. The molecule has 0 unspecified atom stereocenters. The van der Waals surface area contributed by atoms with Crippen molar-refractivity contribution in [3.8, 4) is 0 Å². The third-order valence-corrected chi connectivity index (χ3v) is 4.39. The number of carbonyl (C=O) groups is 1. The molecule has 0 aliphatic heterocycles. The van der Waals surface area contributed by atoms with Gasteiger partial charge in [-0.2, -0.15) is 5.10 Å². The van der Waals surface area contributed by atoms with Crippen LogP contribution in [0.3, 0.4) is 0 Å². The number of hydrogen-bond acceptors (Lipinski definition) is 3. The lowest BCUT2D eigenvalue weighted by Crippen LogP contribution is -2.29. The van der Waals surface area contributed by atoms with Crippen molar-refractivity contribution >= 4 is 24.0 Å². The third-order valence-electron chi connectivity index (χ3n) is 4.39. The molecule has 2 aromatic rings. The molecule has 1 aromatic heterocycles. The molecule has 1 fully saturated rings. The first-order valence-corrected chi connectivity index (χ1v) is 7.83. The van der Waals surface area contributed by atoms with Crippen molar-refractivity contribution in [1.82, 2.24) is 9.78 Å². The van der Waals surface area contributed by atoms with Crippen LogP contribution in [0, 0.1) is 11.8 Å². The zero-order chi connectivity index (χ0) is 15.4. The van der Waals surface area contributed by atoms with Gasteiger partial charge in [-0.1, -0.05) is 36.8 Å². The number of nitrogens with one attached hydrogen (secondary N) is 1. The van der Waals surface area contributed by atoms with Gasteiger partial charge in [0.15, 0.2) is 0 Å². The minimum absolute atomic E-state index is 0. The number of hydrogen-bond donors (Lipinski definition) is 2. The standard InChI is InChI=1S/C17H22N4O.ClH/c18-9-14-7-4-8-16(14)17(22)20-15-10-19-21(12-15)11-13-5-2-1-3-6-13;/h1-3,5-6,10,12,14,16H,4,7-9,11,18H2,(H,20,22);1H/t14-,16-;/m1./s1. The van der Waals surface area contributed by atoms with Crippen molar-refractivity contribution < 1.29 is 4.79 Å². The molecule has 1 saturated carbocycles. The molecule has 0 spiro atoms. The topological polar surface area (TPSA) is 72.9 Å². The largest absolute Gasteiger partial charge is 0.330 e. The number of anilines is 1. The lowest BCUT2D eigenvalue weighted by Gasteiger charge is -2.16. The van der Waals surface area contributed by atoms with Crippen molar-refractivity contribution in [2.75, 3.05) is 11.9 Å². The smallest absolute Gasteiger partial charge is 0.227 e. The molecule has 5 nitrogen and oxygen atoms in total. The summed E-state index contributed by atoms with van der Waals surface area (Å²) in [5, 5.41) is 7.28. The fraction of sp³-hybridized carbons (Fsp3) is 0.412. The van der Waals surface area contributed by atoms with E-state index in [1.165, 1.54) is 5.56 Å². The Morgan fingerprint density at radius 2 is 2.09 bits per heavy atom. The summed E-state index contributed by atoms with van der Waals surface area (Å²) in [6.45, 7) is 1.29. The van der Waals surface area contributed by atoms with Gasteiger partial charge in [-0.05, 0) is 30.9 Å². The van der Waals surface area contributed by atoms with Crippen LogP contribution in [-0.4, -0.2) is 22.2 Å². The summed E-state index contributed by atoms with van der Waals surface area (Å²) in [6.07, 6.45) is 6.66. The van der Waals surface area contributed by atoms with Crippen LogP contribution >= 0.6 is 12.4 Å². The normalized spacial score (nSPS) is 20.0. The minimum atomic E-state index is 0. The molecule has 1 amide bonds. The van der Waals surface area contributed by atoms with Gasteiger partial charge in [-0.25, -0.2) is 0 Å². The SMILES string of the molecule is Cl.NC[C@H]1CCC[C@H]1C(=O)Nc1cnn(Cc2ccccc2)c1. The molecule has 6 heteroatoms. The van der Waals surface area contributed by atoms with E-state index in [4.69, 9.17) is 5.73 Å². The number of rotatable bonds is 5. The van der Waals surface area contributed by atoms with Crippen molar-refractivity contribution in [3.05, 3.63) is 48.3 Å². The van der Waals surface area contributed by atoms with Gasteiger partial charge in [-0.15, -0.1) is 12.4 Å². The number of halogens is 1. The summed E-state index contributed by atoms with van der Waals surface area (Å²) < 4.78 is 1.83. The molecule has 23 heavy (non-hydrogen) atoms. The highest BCUT2D eigenvalue weighted by Gasteiger charge is 2.31. The van der Waals surface area contributed by atoms with Gasteiger partial charge in [-0.3, -0.25) is 9.48 Å². The van der Waals surface area contributed by atoms with Crippen LogP contribution in [0.25, 0.3) is 0 Å². The van der Waals surface area contributed by atoms with Gasteiger partial charge in [0.25, 0.3) is 0 Å². The predicted octanol–water partition coefficient (Wildman–Crippen LogP) is 2.67.